The molecule has 5 heteroatoms. The molecule has 1 aliphatic heterocycles. The molecule has 0 saturated carbocycles. The predicted molar refractivity (Wildman–Crippen MR) is 108 cm³/mol. The van der Waals surface area contributed by atoms with Crippen molar-refractivity contribution in [3.63, 3.8) is 0 Å². The van der Waals surface area contributed by atoms with E-state index in [0.29, 0.717) is 40.5 Å². The maximum Gasteiger partial charge on any atom is 0.343 e. The summed E-state index contributed by atoms with van der Waals surface area (Å²) in [5.74, 6) is 0.892. The number of ether oxygens (including phenoxy) is 3. The van der Waals surface area contributed by atoms with E-state index in [2.05, 4.69) is 0 Å². The van der Waals surface area contributed by atoms with Crippen molar-refractivity contribution in [1.82, 2.24) is 0 Å². The van der Waals surface area contributed by atoms with Crippen molar-refractivity contribution in [2.45, 2.75) is 6.92 Å². The first kappa shape index (κ1) is 18.5. The van der Waals surface area contributed by atoms with Crippen molar-refractivity contribution >= 4 is 17.8 Å². The molecule has 0 fully saturated rings. The van der Waals surface area contributed by atoms with Gasteiger partial charge in [0.05, 0.1) is 17.7 Å². The third kappa shape index (κ3) is 3.89. The van der Waals surface area contributed by atoms with Crippen LogP contribution in [0.2, 0.25) is 0 Å². The lowest BCUT2D eigenvalue weighted by molar-refractivity contribution is 0.0734. The third-order valence-corrected chi connectivity index (χ3v) is 4.37. The number of hydrogen-bond donors (Lipinski definition) is 0. The van der Waals surface area contributed by atoms with Gasteiger partial charge in [-0.25, -0.2) is 4.79 Å². The molecule has 0 aliphatic carbocycles. The maximum absolute atomic E-state index is 12.7. The van der Waals surface area contributed by atoms with Gasteiger partial charge < -0.3 is 14.2 Å². The number of carbonyl (C=O) groups is 2. The number of rotatable bonds is 5. The second-order valence-corrected chi connectivity index (χ2v) is 6.32. The first-order valence-corrected chi connectivity index (χ1v) is 9.23. The van der Waals surface area contributed by atoms with Crippen LogP contribution < -0.4 is 14.2 Å². The summed E-state index contributed by atoms with van der Waals surface area (Å²) in [7, 11) is 0. The van der Waals surface area contributed by atoms with Gasteiger partial charge in [0.15, 0.2) is 5.76 Å². The molecule has 0 aromatic heterocycles. The number of Topliss-reactive ketones (excluding diaryl/α,β-unsaturated/α-hetero) is 1. The molecule has 0 amide bonds. The van der Waals surface area contributed by atoms with E-state index in [0.717, 1.165) is 0 Å². The number of ketones is 1. The van der Waals surface area contributed by atoms with Crippen LogP contribution >= 0.6 is 0 Å². The second kappa shape index (κ2) is 8.02. The van der Waals surface area contributed by atoms with Crippen molar-refractivity contribution in [2.24, 2.45) is 0 Å². The van der Waals surface area contributed by atoms with Crippen molar-refractivity contribution in [3.8, 4) is 17.2 Å². The Morgan fingerprint density at radius 3 is 2.55 bits per heavy atom. The lowest BCUT2D eigenvalue weighted by Crippen LogP contribution is -2.09. The van der Waals surface area contributed by atoms with E-state index < -0.39 is 5.97 Å². The summed E-state index contributed by atoms with van der Waals surface area (Å²) < 4.78 is 16.7. The molecule has 5 nitrogen and oxygen atoms in total. The van der Waals surface area contributed by atoms with E-state index in [-0.39, 0.29) is 11.5 Å². The number of fused-ring (bicyclic) bond motifs is 1. The molecule has 3 aromatic carbocycles. The van der Waals surface area contributed by atoms with E-state index in [1.54, 1.807) is 72.8 Å². The zero-order valence-corrected chi connectivity index (χ0v) is 15.8. The quantitative estimate of drug-likeness (QED) is 0.354. The van der Waals surface area contributed by atoms with Gasteiger partial charge in [-0.1, -0.05) is 36.4 Å². The predicted octanol–water partition coefficient (Wildman–Crippen LogP) is 4.92. The number of benzene rings is 3. The molecular formula is C24H18O5. The minimum absolute atomic E-state index is 0.164. The molecule has 3 aromatic rings. The highest BCUT2D eigenvalue weighted by atomic mass is 16.5. The molecule has 0 N–H and O–H groups in total. The summed E-state index contributed by atoms with van der Waals surface area (Å²) in [5, 5.41) is 0. The summed E-state index contributed by atoms with van der Waals surface area (Å²) in [6.45, 7) is 2.41. The lowest BCUT2D eigenvalue weighted by atomic mass is 10.1. The van der Waals surface area contributed by atoms with Crippen molar-refractivity contribution in [3.05, 3.63) is 95.2 Å². The van der Waals surface area contributed by atoms with Gasteiger partial charge in [-0.2, -0.15) is 0 Å². The first-order chi connectivity index (χ1) is 14.2. The summed E-state index contributed by atoms with van der Waals surface area (Å²) in [6, 6.07) is 20.8. The molecule has 0 radical (unpaired) electrons. The van der Waals surface area contributed by atoms with Crippen LogP contribution in [0.4, 0.5) is 0 Å². The van der Waals surface area contributed by atoms with E-state index in [1.165, 1.54) is 0 Å². The summed E-state index contributed by atoms with van der Waals surface area (Å²) >= 11 is 0. The van der Waals surface area contributed by atoms with Gasteiger partial charge in [0.25, 0.3) is 0 Å². The Balaban J connectivity index is 1.60. The molecule has 144 valence electrons. The molecule has 1 aliphatic rings. The molecule has 29 heavy (non-hydrogen) atoms. The number of hydrogen-bond acceptors (Lipinski definition) is 5. The van der Waals surface area contributed by atoms with Crippen molar-refractivity contribution in [1.29, 1.82) is 0 Å². The zero-order valence-electron chi connectivity index (χ0n) is 15.8. The molecule has 4 rings (SSSR count). The number of esters is 1. The largest absolute Gasteiger partial charge is 0.494 e. The molecule has 1 heterocycles. The fourth-order valence-electron chi connectivity index (χ4n) is 2.99. The smallest absolute Gasteiger partial charge is 0.343 e. The number of carbonyl (C=O) groups excluding carboxylic acids is 2. The SMILES string of the molecule is CCOc1ccc2c(c1)O/C(=C\c1ccccc1OC(=O)c1ccccc1)C2=O. The maximum atomic E-state index is 12.7. The fraction of sp³-hybridized carbons (Fsp3) is 0.0833. The van der Waals surface area contributed by atoms with E-state index in [1.807, 2.05) is 13.0 Å². The Morgan fingerprint density at radius 1 is 1.00 bits per heavy atom. The first-order valence-electron chi connectivity index (χ1n) is 9.23. The topological polar surface area (TPSA) is 61.8 Å². The number of allylic oxidation sites excluding steroid dienone is 1. The Labute approximate surface area is 168 Å². The second-order valence-electron chi connectivity index (χ2n) is 6.32. The van der Waals surface area contributed by atoms with Crippen LogP contribution in [0, 0.1) is 0 Å². The van der Waals surface area contributed by atoms with Gasteiger partial charge in [-0.15, -0.1) is 0 Å². The summed E-state index contributed by atoms with van der Waals surface area (Å²) in [6.07, 6.45) is 1.58. The molecular weight excluding hydrogens is 368 g/mol. The normalized spacial score (nSPS) is 13.7. The molecule has 0 atom stereocenters. The van der Waals surface area contributed by atoms with Crippen molar-refractivity contribution < 1.29 is 23.8 Å². The van der Waals surface area contributed by atoms with Gasteiger partial charge in [0, 0.05) is 11.6 Å². The highest BCUT2D eigenvalue weighted by Crippen LogP contribution is 2.35. The van der Waals surface area contributed by atoms with Crippen LogP contribution in [-0.4, -0.2) is 18.4 Å². The van der Waals surface area contributed by atoms with Crippen LogP contribution in [0.5, 0.6) is 17.2 Å². The van der Waals surface area contributed by atoms with Gasteiger partial charge >= 0.3 is 5.97 Å². The Bertz CT molecular complexity index is 1100. The van der Waals surface area contributed by atoms with Gasteiger partial charge in [-0.3, -0.25) is 4.79 Å². The summed E-state index contributed by atoms with van der Waals surface area (Å²) in [4.78, 5) is 25.1. The highest BCUT2D eigenvalue weighted by molar-refractivity contribution is 6.14. The van der Waals surface area contributed by atoms with E-state index >= 15 is 0 Å². The Kier molecular flexibility index (Phi) is 5.12. The van der Waals surface area contributed by atoms with Crippen LogP contribution in [-0.2, 0) is 0 Å². The fourth-order valence-corrected chi connectivity index (χ4v) is 2.99. The molecule has 0 saturated heterocycles. The van der Waals surface area contributed by atoms with E-state index in [4.69, 9.17) is 14.2 Å². The minimum atomic E-state index is -0.472. The Hall–Kier alpha value is -3.86. The standard InChI is InChI=1S/C24H18O5/c1-2-27-18-12-13-19-21(15-18)28-22(23(19)25)14-17-10-6-7-11-20(17)29-24(26)16-8-4-3-5-9-16/h3-15H,2H2,1H3/b22-14-. The summed E-state index contributed by atoms with van der Waals surface area (Å²) in [5.41, 5.74) is 1.48. The molecule has 0 unspecified atom stereocenters. The lowest BCUT2D eigenvalue weighted by Gasteiger charge is -2.08. The van der Waals surface area contributed by atoms with Gasteiger partial charge in [-0.05, 0) is 43.3 Å². The Morgan fingerprint density at radius 2 is 1.76 bits per heavy atom. The third-order valence-electron chi connectivity index (χ3n) is 4.37. The number of para-hydroxylation sites is 1. The van der Waals surface area contributed by atoms with Crippen molar-refractivity contribution in [2.75, 3.05) is 6.61 Å². The van der Waals surface area contributed by atoms with E-state index in [9.17, 15) is 9.59 Å². The zero-order chi connectivity index (χ0) is 20.2. The molecule has 0 spiro atoms. The minimum Gasteiger partial charge on any atom is -0.494 e. The van der Waals surface area contributed by atoms with Gasteiger partial charge in [0.2, 0.25) is 5.78 Å². The average molecular weight is 386 g/mol. The van der Waals surface area contributed by atoms with Crippen LogP contribution in [0.25, 0.3) is 6.08 Å². The highest BCUT2D eigenvalue weighted by Gasteiger charge is 2.28. The van der Waals surface area contributed by atoms with Crippen LogP contribution in [0.15, 0.2) is 78.6 Å². The van der Waals surface area contributed by atoms with Gasteiger partial charge in [0.1, 0.15) is 17.2 Å². The average Bonchev–Trinajstić information content (AvgIpc) is 3.05. The van der Waals surface area contributed by atoms with Crippen LogP contribution in [0.1, 0.15) is 33.2 Å². The monoisotopic (exact) mass is 386 g/mol. The molecule has 0 bridgehead atoms. The van der Waals surface area contributed by atoms with Crippen LogP contribution in [0.3, 0.4) is 0 Å².